The van der Waals surface area contributed by atoms with Gasteiger partial charge in [-0.1, -0.05) is 0 Å². The van der Waals surface area contributed by atoms with Crippen molar-refractivity contribution in [2.45, 2.75) is 18.4 Å². The van der Waals surface area contributed by atoms with Crippen molar-refractivity contribution < 1.29 is 155 Å². The van der Waals surface area contributed by atoms with E-state index in [0.717, 1.165) is 0 Å². The van der Waals surface area contributed by atoms with Crippen molar-refractivity contribution in [1.82, 2.24) is 0 Å². The Kier molecular flexibility index (Phi) is 19.2. The van der Waals surface area contributed by atoms with Gasteiger partial charge < -0.3 is 29.5 Å². The van der Waals surface area contributed by atoms with Gasteiger partial charge in [0.25, 0.3) is 0 Å². The standard InChI is InChI=1S/C6H8O7.2K.H2O4S/c7-3(8)1-6(13,5(11)12)2-4(9)10;;;1-5(2,3)4/h13H,1-2H2,(H,7,8)(H,9,10)(H,11,12);;;(H2,1,2,3,4)/q;2*+1;/p-2. The molecule has 0 rings (SSSR count). The van der Waals surface area contributed by atoms with Gasteiger partial charge in [0.05, 0.1) is 12.8 Å². The van der Waals surface area contributed by atoms with Crippen LogP contribution in [0.2, 0.25) is 0 Å². The molecule has 0 aliphatic heterocycles. The van der Waals surface area contributed by atoms with Gasteiger partial charge in [0.2, 0.25) is 0 Å². The number of carboxylic acid groups (broad SMARTS) is 3. The van der Waals surface area contributed by atoms with Gasteiger partial charge in [-0.05, 0) is 0 Å². The van der Waals surface area contributed by atoms with Crippen LogP contribution in [0.25, 0.3) is 0 Å². The van der Waals surface area contributed by atoms with E-state index in [-0.39, 0.29) is 103 Å². The second kappa shape index (κ2) is 13.0. The summed E-state index contributed by atoms with van der Waals surface area (Å²) in [5, 5.41) is 33.8. The van der Waals surface area contributed by atoms with Crippen LogP contribution in [0.5, 0.6) is 0 Å². The van der Waals surface area contributed by atoms with Crippen LogP contribution < -0.4 is 103 Å². The normalized spacial score (nSPS) is 9.95. The molecule has 0 saturated heterocycles. The topological polar surface area (TPSA) is 212 Å². The predicted octanol–water partition coefficient (Wildman–Crippen LogP) is -8.58. The average molecular weight is 366 g/mol. The first-order chi connectivity index (χ1) is 7.78. The minimum absolute atomic E-state index is 0. The molecule has 0 aromatic rings. The first-order valence-electron chi connectivity index (χ1n) is 3.84. The van der Waals surface area contributed by atoms with Crippen molar-refractivity contribution in [3.8, 4) is 0 Å². The smallest absolute Gasteiger partial charge is 0.759 e. The SMILES string of the molecule is O=C(O)CC(O)(CC(=O)O)C(=O)O.O=S(=O)([O-])[O-].[K+].[K+]. The quantitative estimate of drug-likeness (QED) is 0.204. The van der Waals surface area contributed by atoms with Crippen molar-refractivity contribution in [2.75, 3.05) is 0 Å². The van der Waals surface area contributed by atoms with E-state index in [4.69, 9.17) is 37.9 Å². The van der Waals surface area contributed by atoms with E-state index in [1.165, 1.54) is 0 Å². The van der Waals surface area contributed by atoms with Crippen molar-refractivity contribution in [3.05, 3.63) is 0 Å². The summed E-state index contributed by atoms with van der Waals surface area (Å²) in [5.74, 6) is -5.02. The maximum atomic E-state index is 10.3. The minimum atomic E-state index is -5.17. The summed E-state index contributed by atoms with van der Waals surface area (Å²) in [4.78, 5) is 30.5. The molecular formula is C6H8K2O11S. The van der Waals surface area contributed by atoms with E-state index >= 15 is 0 Å². The molecule has 0 saturated carbocycles. The zero-order valence-electron chi connectivity index (χ0n) is 10.5. The first kappa shape index (κ1) is 29.5. The zero-order chi connectivity index (χ0) is 15.1. The van der Waals surface area contributed by atoms with Crippen LogP contribution in [-0.2, 0) is 24.8 Å². The Morgan fingerprint density at radius 3 is 1.20 bits per heavy atom. The Morgan fingerprint density at radius 1 is 0.900 bits per heavy atom. The fraction of sp³-hybridized carbons (Fsp3) is 0.500. The van der Waals surface area contributed by atoms with Crippen LogP contribution in [0.3, 0.4) is 0 Å². The van der Waals surface area contributed by atoms with Gasteiger partial charge in [0, 0.05) is 10.4 Å². The van der Waals surface area contributed by atoms with Crippen molar-refractivity contribution in [3.63, 3.8) is 0 Å². The van der Waals surface area contributed by atoms with Crippen molar-refractivity contribution in [2.24, 2.45) is 0 Å². The van der Waals surface area contributed by atoms with Gasteiger partial charge in [0.15, 0.2) is 5.60 Å². The molecule has 11 nitrogen and oxygen atoms in total. The van der Waals surface area contributed by atoms with Gasteiger partial charge in [-0.25, -0.2) is 4.79 Å². The molecule has 0 unspecified atom stereocenters. The number of hydrogen-bond acceptors (Lipinski definition) is 8. The molecule has 0 bridgehead atoms. The molecule has 0 aromatic heterocycles. The number of carbonyl (C=O) groups is 3. The van der Waals surface area contributed by atoms with Crippen LogP contribution in [0, 0.1) is 0 Å². The van der Waals surface area contributed by atoms with Gasteiger partial charge in [-0.2, -0.15) is 0 Å². The molecule has 0 aliphatic carbocycles. The number of hydrogen-bond donors (Lipinski definition) is 4. The third kappa shape index (κ3) is 21.8. The van der Waals surface area contributed by atoms with Gasteiger partial charge in [-0.15, -0.1) is 0 Å². The molecule has 0 spiro atoms. The molecule has 0 atom stereocenters. The predicted molar refractivity (Wildman–Crippen MR) is 47.6 cm³/mol. The molecule has 0 amide bonds. The summed E-state index contributed by atoms with van der Waals surface area (Å²) in [7, 11) is -5.17. The summed E-state index contributed by atoms with van der Waals surface area (Å²) >= 11 is 0. The zero-order valence-corrected chi connectivity index (χ0v) is 17.5. The van der Waals surface area contributed by atoms with Gasteiger partial charge in [0.1, 0.15) is 0 Å². The second-order valence-electron chi connectivity index (χ2n) is 2.89. The molecule has 0 radical (unpaired) electrons. The molecule has 4 N–H and O–H groups in total. The van der Waals surface area contributed by atoms with Gasteiger partial charge in [-0.3, -0.25) is 18.0 Å². The Balaban J connectivity index is -0.000000158. The molecule has 0 aliphatic rings. The van der Waals surface area contributed by atoms with E-state index in [2.05, 4.69) is 0 Å². The third-order valence-electron chi connectivity index (χ3n) is 1.29. The molecule has 106 valence electrons. The Hall–Kier alpha value is 1.51. The van der Waals surface area contributed by atoms with E-state index < -0.39 is 46.7 Å². The minimum Gasteiger partial charge on any atom is -0.759 e. The monoisotopic (exact) mass is 366 g/mol. The fourth-order valence-electron chi connectivity index (χ4n) is 0.714. The molecule has 0 fully saturated rings. The number of rotatable bonds is 5. The summed E-state index contributed by atoms with van der Waals surface area (Å²) < 4.78 is 34.1. The van der Waals surface area contributed by atoms with Gasteiger partial charge >= 0.3 is 121 Å². The van der Waals surface area contributed by atoms with Crippen LogP contribution in [0.15, 0.2) is 0 Å². The second-order valence-corrected chi connectivity index (χ2v) is 3.70. The number of aliphatic hydroxyl groups is 1. The summed E-state index contributed by atoms with van der Waals surface area (Å²) in [6, 6.07) is 0. The third-order valence-corrected chi connectivity index (χ3v) is 1.29. The Labute approximate surface area is 198 Å². The average Bonchev–Trinajstić information content (AvgIpc) is 1.95. The van der Waals surface area contributed by atoms with E-state index in [9.17, 15) is 14.4 Å². The largest absolute Gasteiger partial charge is 1.00 e. The number of aliphatic carboxylic acids is 3. The van der Waals surface area contributed by atoms with E-state index in [0.29, 0.717) is 0 Å². The van der Waals surface area contributed by atoms with Crippen LogP contribution in [0.1, 0.15) is 12.8 Å². The molecule has 0 heterocycles. The van der Waals surface area contributed by atoms with Crippen molar-refractivity contribution in [1.29, 1.82) is 0 Å². The maximum Gasteiger partial charge on any atom is 1.00 e. The van der Waals surface area contributed by atoms with Crippen LogP contribution in [-0.4, -0.2) is 61.5 Å². The Morgan fingerprint density at radius 2 is 1.10 bits per heavy atom. The summed E-state index contributed by atoms with van der Waals surface area (Å²) in [6.45, 7) is 0. The molecule has 14 heteroatoms. The molecule has 0 aromatic carbocycles. The van der Waals surface area contributed by atoms with Crippen LogP contribution >= 0.6 is 0 Å². The maximum absolute atomic E-state index is 10.3. The molecular weight excluding hydrogens is 358 g/mol. The molecule has 20 heavy (non-hydrogen) atoms. The van der Waals surface area contributed by atoms with E-state index in [1.54, 1.807) is 0 Å². The number of carboxylic acids is 3. The Bertz CT molecular complexity index is 406. The first-order valence-corrected chi connectivity index (χ1v) is 5.17. The van der Waals surface area contributed by atoms with Crippen molar-refractivity contribution >= 4 is 28.3 Å². The van der Waals surface area contributed by atoms with E-state index in [1.807, 2.05) is 0 Å². The fourth-order valence-corrected chi connectivity index (χ4v) is 0.714. The summed E-state index contributed by atoms with van der Waals surface area (Å²) in [5.41, 5.74) is -2.74. The van der Waals surface area contributed by atoms with Crippen LogP contribution in [0.4, 0.5) is 0 Å². The summed E-state index contributed by atoms with van der Waals surface area (Å²) in [6.07, 6.45) is -2.29.